The first-order valence-electron chi connectivity index (χ1n) is 6.11. The van der Waals surface area contributed by atoms with Gasteiger partial charge in [-0.3, -0.25) is 10.1 Å². The minimum atomic E-state index is -0.508. The van der Waals surface area contributed by atoms with Gasteiger partial charge in [0.2, 0.25) is 0 Å². The zero-order valence-electron chi connectivity index (χ0n) is 10.0. The summed E-state index contributed by atoms with van der Waals surface area (Å²) in [5.41, 5.74) is 0. The second kappa shape index (κ2) is 5.31. The van der Waals surface area contributed by atoms with E-state index < -0.39 is 4.92 Å². The highest BCUT2D eigenvalue weighted by atomic mass is 16.6. The van der Waals surface area contributed by atoms with Gasteiger partial charge in [-0.2, -0.15) is 0 Å². The summed E-state index contributed by atoms with van der Waals surface area (Å²) in [5.74, 6) is 1.22. The zero-order valence-corrected chi connectivity index (χ0v) is 10.0. The lowest BCUT2D eigenvalue weighted by atomic mass is 9.87. The Morgan fingerprint density at radius 1 is 1.53 bits per heavy atom. The average Bonchev–Trinajstić information content (AvgIpc) is 2.75. The van der Waals surface area contributed by atoms with Gasteiger partial charge in [-0.15, -0.1) is 0 Å². The van der Waals surface area contributed by atoms with Crippen molar-refractivity contribution in [3.63, 3.8) is 0 Å². The van der Waals surface area contributed by atoms with Crippen LogP contribution in [0.5, 0.6) is 0 Å². The Morgan fingerprint density at radius 3 is 3.00 bits per heavy atom. The molecule has 0 aliphatic heterocycles. The number of hydrogen-bond acceptors (Lipinski definition) is 4. The molecule has 0 amide bonds. The maximum absolute atomic E-state index is 10.5. The minimum Gasteiger partial charge on any atom is -0.404 e. The molecule has 1 heterocycles. The van der Waals surface area contributed by atoms with Gasteiger partial charge in [0.25, 0.3) is 0 Å². The molecule has 1 saturated carbocycles. The summed E-state index contributed by atoms with van der Waals surface area (Å²) < 4.78 is 5.10. The highest BCUT2D eigenvalue weighted by molar-refractivity contribution is 5.17. The number of furan rings is 1. The summed E-state index contributed by atoms with van der Waals surface area (Å²) in [6.45, 7) is 2.84. The highest BCUT2D eigenvalue weighted by Crippen LogP contribution is 2.24. The molecule has 1 aliphatic rings. The summed E-state index contributed by atoms with van der Waals surface area (Å²) in [5, 5.41) is 13.9. The second-order valence-corrected chi connectivity index (χ2v) is 4.85. The van der Waals surface area contributed by atoms with E-state index in [4.69, 9.17) is 4.42 Å². The number of nitro groups is 1. The Balaban J connectivity index is 1.82. The molecule has 0 aromatic carbocycles. The van der Waals surface area contributed by atoms with Crippen molar-refractivity contribution in [3.8, 4) is 0 Å². The largest absolute Gasteiger partial charge is 0.433 e. The molecule has 1 aliphatic carbocycles. The van der Waals surface area contributed by atoms with Gasteiger partial charge in [0, 0.05) is 6.04 Å². The number of nitrogens with one attached hydrogen (secondary N) is 1. The van der Waals surface area contributed by atoms with Crippen molar-refractivity contribution in [1.82, 2.24) is 5.32 Å². The molecule has 17 heavy (non-hydrogen) atoms. The Morgan fingerprint density at radius 2 is 2.35 bits per heavy atom. The van der Waals surface area contributed by atoms with Crippen molar-refractivity contribution in [3.05, 3.63) is 28.0 Å². The molecule has 2 unspecified atom stereocenters. The van der Waals surface area contributed by atoms with Crippen LogP contribution in [-0.4, -0.2) is 11.0 Å². The molecule has 5 heteroatoms. The molecule has 1 aromatic heterocycles. The van der Waals surface area contributed by atoms with Crippen LogP contribution in [0.25, 0.3) is 0 Å². The molecular formula is C12H18N2O3. The van der Waals surface area contributed by atoms with Crippen molar-refractivity contribution in [2.45, 2.75) is 45.2 Å². The van der Waals surface area contributed by atoms with E-state index in [0.717, 1.165) is 5.92 Å². The fraction of sp³-hybridized carbons (Fsp3) is 0.667. The predicted octanol–water partition coefficient (Wildman–Crippen LogP) is 2.86. The third-order valence-electron chi connectivity index (χ3n) is 3.33. The van der Waals surface area contributed by atoms with Crippen LogP contribution in [0.1, 0.15) is 38.4 Å². The summed E-state index contributed by atoms with van der Waals surface area (Å²) in [6, 6.07) is 3.58. The van der Waals surface area contributed by atoms with Crippen molar-refractivity contribution in [2.75, 3.05) is 0 Å². The monoisotopic (exact) mass is 238 g/mol. The van der Waals surface area contributed by atoms with Crippen LogP contribution in [0.15, 0.2) is 16.5 Å². The molecule has 1 fully saturated rings. The van der Waals surface area contributed by atoms with Crippen LogP contribution in [-0.2, 0) is 6.54 Å². The van der Waals surface area contributed by atoms with Crippen molar-refractivity contribution in [1.29, 1.82) is 0 Å². The fourth-order valence-corrected chi connectivity index (χ4v) is 2.42. The first kappa shape index (κ1) is 12.1. The lowest BCUT2D eigenvalue weighted by Gasteiger charge is -2.27. The molecule has 1 aromatic rings. The maximum atomic E-state index is 10.5. The quantitative estimate of drug-likeness (QED) is 0.647. The lowest BCUT2D eigenvalue weighted by molar-refractivity contribution is -0.402. The molecule has 2 atom stereocenters. The number of nitrogens with zero attached hydrogens (tertiary/aromatic N) is 1. The highest BCUT2D eigenvalue weighted by Gasteiger charge is 2.19. The molecule has 2 rings (SSSR count). The zero-order chi connectivity index (χ0) is 12.3. The molecular weight excluding hydrogens is 220 g/mol. The van der Waals surface area contributed by atoms with Crippen LogP contribution in [0, 0.1) is 16.0 Å². The molecule has 94 valence electrons. The minimum absolute atomic E-state index is 0.182. The van der Waals surface area contributed by atoms with Crippen LogP contribution in [0.2, 0.25) is 0 Å². The van der Waals surface area contributed by atoms with Gasteiger partial charge >= 0.3 is 5.88 Å². The topological polar surface area (TPSA) is 68.3 Å². The van der Waals surface area contributed by atoms with Gasteiger partial charge in [-0.1, -0.05) is 19.8 Å². The Kier molecular flexibility index (Phi) is 3.78. The first-order valence-corrected chi connectivity index (χ1v) is 6.11. The van der Waals surface area contributed by atoms with E-state index in [2.05, 4.69) is 12.2 Å². The number of rotatable bonds is 4. The van der Waals surface area contributed by atoms with Crippen molar-refractivity contribution in [2.24, 2.45) is 5.92 Å². The summed E-state index contributed by atoms with van der Waals surface area (Å²) in [4.78, 5) is 9.95. The van der Waals surface area contributed by atoms with E-state index in [1.165, 1.54) is 31.7 Å². The average molecular weight is 238 g/mol. The smallest absolute Gasteiger partial charge is 0.404 e. The Bertz CT molecular complexity index is 389. The van der Waals surface area contributed by atoms with Gasteiger partial charge in [-0.25, -0.2) is 0 Å². The Labute approximate surface area is 100 Å². The van der Waals surface area contributed by atoms with Crippen LogP contribution >= 0.6 is 0 Å². The van der Waals surface area contributed by atoms with Gasteiger partial charge in [-0.05, 0) is 24.8 Å². The summed E-state index contributed by atoms with van der Waals surface area (Å²) >= 11 is 0. The molecule has 0 radical (unpaired) electrons. The first-order chi connectivity index (χ1) is 8.15. The normalized spacial score (nSPS) is 24.8. The van der Waals surface area contributed by atoms with E-state index in [1.54, 1.807) is 6.07 Å². The third kappa shape index (κ3) is 3.30. The summed E-state index contributed by atoms with van der Waals surface area (Å²) in [6.07, 6.45) is 4.94. The standard InChI is InChI=1S/C12H18N2O3/c1-9-3-2-4-10(7-9)13-8-11-5-6-12(17-11)14(15)16/h5-6,9-10,13H,2-4,7-8H2,1H3. The van der Waals surface area contributed by atoms with Crippen LogP contribution < -0.4 is 5.32 Å². The van der Waals surface area contributed by atoms with E-state index in [-0.39, 0.29) is 5.88 Å². The molecule has 1 N–H and O–H groups in total. The van der Waals surface area contributed by atoms with Gasteiger partial charge < -0.3 is 9.73 Å². The third-order valence-corrected chi connectivity index (χ3v) is 3.33. The van der Waals surface area contributed by atoms with E-state index in [0.29, 0.717) is 18.3 Å². The van der Waals surface area contributed by atoms with Gasteiger partial charge in [0.15, 0.2) is 0 Å². The molecule has 0 saturated heterocycles. The lowest BCUT2D eigenvalue weighted by Crippen LogP contribution is -2.32. The van der Waals surface area contributed by atoms with Crippen molar-refractivity contribution < 1.29 is 9.34 Å². The van der Waals surface area contributed by atoms with E-state index >= 15 is 0 Å². The van der Waals surface area contributed by atoms with Crippen molar-refractivity contribution >= 4 is 5.88 Å². The van der Waals surface area contributed by atoms with E-state index in [1.807, 2.05) is 0 Å². The predicted molar refractivity (Wildman–Crippen MR) is 63.6 cm³/mol. The summed E-state index contributed by atoms with van der Waals surface area (Å²) in [7, 11) is 0. The van der Waals surface area contributed by atoms with Gasteiger partial charge in [0.1, 0.15) is 10.7 Å². The Hall–Kier alpha value is -1.36. The van der Waals surface area contributed by atoms with Gasteiger partial charge in [0.05, 0.1) is 12.6 Å². The maximum Gasteiger partial charge on any atom is 0.433 e. The van der Waals surface area contributed by atoms with Crippen LogP contribution in [0.4, 0.5) is 5.88 Å². The molecule has 0 spiro atoms. The SMILES string of the molecule is CC1CCCC(NCc2ccc([N+](=O)[O-])o2)C1. The molecule has 5 nitrogen and oxygen atoms in total. The molecule has 0 bridgehead atoms. The second-order valence-electron chi connectivity index (χ2n) is 4.85. The van der Waals surface area contributed by atoms with Crippen LogP contribution in [0.3, 0.4) is 0 Å². The number of hydrogen-bond donors (Lipinski definition) is 1. The fourth-order valence-electron chi connectivity index (χ4n) is 2.42. The van der Waals surface area contributed by atoms with E-state index in [9.17, 15) is 10.1 Å².